The van der Waals surface area contributed by atoms with Crippen LogP contribution in [-0.2, 0) is 14.2 Å². The van der Waals surface area contributed by atoms with Crippen LogP contribution in [0.5, 0.6) is 0 Å². The molecule has 2 aliphatic heterocycles. The molecule has 0 aliphatic carbocycles. The fourth-order valence-corrected chi connectivity index (χ4v) is 4.76. The van der Waals surface area contributed by atoms with E-state index in [2.05, 4.69) is 9.36 Å². The van der Waals surface area contributed by atoms with Crippen molar-refractivity contribution < 1.29 is 19.3 Å². The molecule has 0 bridgehead atoms. The minimum atomic E-state index is -0.687. The maximum absolute atomic E-state index is 9.64. The lowest BCUT2D eigenvalue weighted by Gasteiger charge is -2.24. The Kier molecular flexibility index (Phi) is 3.71. The average Bonchev–Trinajstić information content (AvgIpc) is 3.19. The number of aliphatic hydroxyl groups excluding tert-OH is 1. The van der Waals surface area contributed by atoms with Crippen LogP contribution < -0.4 is 0 Å². The van der Waals surface area contributed by atoms with Crippen molar-refractivity contribution in [2.75, 3.05) is 12.9 Å². The van der Waals surface area contributed by atoms with Crippen LogP contribution in [0.2, 0.25) is 0 Å². The first-order valence-electron chi connectivity index (χ1n) is 7.45. The van der Waals surface area contributed by atoms with Crippen LogP contribution >= 0.6 is 23.3 Å². The standard InChI is InChI=1S/C14H19N3O4S2/c1-6-8-12(23-16-6)17(13(15-8)22-4)11-10-9(7(5-18)19-11)20-14(2,3)21-10/h7,9-11,18H,5H2,1-4H3/t7-,9-,10-,11-/m1/s1. The van der Waals surface area contributed by atoms with Crippen LogP contribution in [0.25, 0.3) is 10.3 Å². The quantitative estimate of drug-likeness (QED) is 0.841. The lowest BCUT2D eigenvalue weighted by molar-refractivity contribution is -0.200. The summed E-state index contributed by atoms with van der Waals surface area (Å²) in [7, 11) is 0. The lowest BCUT2D eigenvalue weighted by atomic mass is 10.1. The van der Waals surface area contributed by atoms with Crippen LogP contribution in [0, 0.1) is 6.92 Å². The first kappa shape index (κ1) is 15.8. The average molecular weight is 357 g/mol. The summed E-state index contributed by atoms with van der Waals surface area (Å²) in [5.41, 5.74) is 1.81. The Bertz CT molecular complexity index is 744. The number of hydrogen-bond donors (Lipinski definition) is 1. The number of aryl methyl sites for hydroxylation is 1. The molecule has 0 unspecified atom stereocenters. The van der Waals surface area contributed by atoms with Crippen molar-refractivity contribution in [1.82, 2.24) is 13.9 Å². The summed E-state index contributed by atoms with van der Waals surface area (Å²) in [4.78, 5) is 5.63. The molecule has 2 aromatic heterocycles. The maximum atomic E-state index is 9.64. The minimum absolute atomic E-state index is 0.106. The van der Waals surface area contributed by atoms with Crippen molar-refractivity contribution in [1.29, 1.82) is 0 Å². The van der Waals surface area contributed by atoms with E-state index in [-0.39, 0.29) is 25.0 Å². The zero-order valence-corrected chi connectivity index (χ0v) is 15.0. The number of fused-ring (bicyclic) bond motifs is 2. The Morgan fingerprint density at radius 3 is 2.78 bits per heavy atom. The van der Waals surface area contributed by atoms with Crippen molar-refractivity contribution in [2.24, 2.45) is 0 Å². The van der Waals surface area contributed by atoms with E-state index in [4.69, 9.17) is 14.2 Å². The molecular weight excluding hydrogens is 338 g/mol. The van der Waals surface area contributed by atoms with Gasteiger partial charge in [-0.25, -0.2) is 4.98 Å². The van der Waals surface area contributed by atoms with Crippen molar-refractivity contribution in [2.45, 2.75) is 56.3 Å². The van der Waals surface area contributed by atoms with Gasteiger partial charge in [0.2, 0.25) is 0 Å². The van der Waals surface area contributed by atoms with Gasteiger partial charge in [-0.15, -0.1) is 0 Å². The van der Waals surface area contributed by atoms with Gasteiger partial charge >= 0.3 is 0 Å². The number of aromatic nitrogens is 3. The third-order valence-electron chi connectivity index (χ3n) is 4.19. The van der Waals surface area contributed by atoms with E-state index in [1.54, 1.807) is 11.8 Å². The Morgan fingerprint density at radius 2 is 2.09 bits per heavy atom. The van der Waals surface area contributed by atoms with Crippen LogP contribution in [0.1, 0.15) is 25.8 Å². The van der Waals surface area contributed by atoms with Gasteiger partial charge in [0.05, 0.1) is 12.3 Å². The normalized spacial score (nSPS) is 32.7. The van der Waals surface area contributed by atoms with Gasteiger partial charge in [0.25, 0.3) is 0 Å². The maximum Gasteiger partial charge on any atom is 0.171 e. The Balaban J connectivity index is 1.81. The molecule has 0 radical (unpaired) electrons. The Morgan fingerprint density at radius 1 is 1.35 bits per heavy atom. The molecule has 2 saturated heterocycles. The smallest absolute Gasteiger partial charge is 0.171 e. The third kappa shape index (κ3) is 2.33. The molecule has 0 saturated carbocycles. The first-order valence-corrected chi connectivity index (χ1v) is 9.45. The number of ether oxygens (including phenoxy) is 3. The molecule has 7 nitrogen and oxygen atoms in total. The molecule has 9 heteroatoms. The van der Waals surface area contributed by atoms with Crippen LogP contribution in [0.15, 0.2) is 5.16 Å². The summed E-state index contributed by atoms with van der Waals surface area (Å²) in [6, 6.07) is 0. The molecule has 1 N–H and O–H groups in total. The van der Waals surface area contributed by atoms with Crippen molar-refractivity contribution in [3.63, 3.8) is 0 Å². The minimum Gasteiger partial charge on any atom is -0.394 e. The number of nitrogens with zero attached hydrogens (tertiary/aromatic N) is 3. The van der Waals surface area contributed by atoms with Crippen LogP contribution in [-0.4, -0.2) is 56.0 Å². The molecule has 23 heavy (non-hydrogen) atoms. The molecule has 2 fully saturated rings. The molecular formula is C14H19N3O4S2. The van der Waals surface area contributed by atoms with Crippen LogP contribution in [0.3, 0.4) is 0 Å². The summed E-state index contributed by atoms with van der Waals surface area (Å²) >= 11 is 2.96. The van der Waals surface area contributed by atoms with E-state index in [0.29, 0.717) is 0 Å². The predicted octanol–water partition coefficient (Wildman–Crippen LogP) is 1.93. The Hall–Kier alpha value is -0.710. The molecule has 126 valence electrons. The molecule has 4 atom stereocenters. The SMILES string of the molecule is CSc1nc2c(C)nsc2n1[C@@H]1O[C@H](CO)[C@H]2OC(C)(C)O[C@H]21. The molecule has 0 aromatic carbocycles. The molecule has 4 rings (SSSR count). The van der Waals surface area contributed by atoms with E-state index in [0.717, 1.165) is 21.2 Å². The van der Waals surface area contributed by atoms with Gasteiger partial charge < -0.3 is 19.3 Å². The van der Waals surface area contributed by atoms with Crippen molar-refractivity contribution in [3.8, 4) is 0 Å². The van der Waals surface area contributed by atoms with Gasteiger partial charge in [0, 0.05) is 0 Å². The highest BCUT2D eigenvalue weighted by molar-refractivity contribution is 7.98. The monoisotopic (exact) mass is 357 g/mol. The number of imidazole rings is 1. The number of aliphatic hydroxyl groups is 1. The molecule has 2 aromatic rings. The predicted molar refractivity (Wildman–Crippen MR) is 86.7 cm³/mol. The number of thioether (sulfide) groups is 1. The topological polar surface area (TPSA) is 78.6 Å². The summed E-state index contributed by atoms with van der Waals surface area (Å²) in [5, 5.41) is 10.5. The van der Waals surface area contributed by atoms with Gasteiger partial charge in [0.1, 0.15) is 28.7 Å². The van der Waals surface area contributed by atoms with Crippen molar-refractivity contribution >= 4 is 33.6 Å². The molecule has 0 amide bonds. The second-order valence-corrected chi connectivity index (χ2v) is 7.73. The molecule has 0 spiro atoms. The van der Waals surface area contributed by atoms with E-state index in [1.165, 1.54) is 11.5 Å². The highest BCUT2D eigenvalue weighted by atomic mass is 32.2. The summed E-state index contributed by atoms with van der Waals surface area (Å²) < 4.78 is 24.5. The zero-order chi connectivity index (χ0) is 16.4. The summed E-state index contributed by atoms with van der Waals surface area (Å²) in [6.45, 7) is 5.61. The van der Waals surface area contributed by atoms with E-state index >= 15 is 0 Å². The van der Waals surface area contributed by atoms with Gasteiger partial charge in [-0.1, -0.05) is 11.8 Å². The fourth-order valence-electron chi connectivity index (χ4n) is 3.26. The summed E-state index contributed by atoms with van der Waals surface area (Å²) in [5.74, 6) is -0.687. The van der Waals surface area contributed by atoms with E-state index in [9.17, 15) is 5.11 Å². The second-order valence-electron chi connectivity index (χ2n) is 6.20. The molecule has 2 aliphatic rings. The number of hydrogen-bond acceptors (Lipinski definition) is 8. The van der Waals surface area contributed by atoms with E-state index in [1.807, 2.05) is 31.6 Å². The number of rotatable bonds is 3. The zero-order valence-electron chi connectivity index (χ0n) is 13.3. The van der Waals surface area contributed by atoms with Crippen LogP contribution in [0.4, 0.5) is 0 Å². The van der Waals surface area contributed by atoms with Gasteiger partial charge in [-0.05, 0) is 38.6 Å². The van der Waals surface area contributed by atoms with Gasteiger partial charge in [-0.2, -0.15) is 4.37 Å². The largest absolute Gasteiger partial charge is 0.394 e. The molecule has 4 heterocycles. The Labute approximate surface area is 142 Å². The summed E-state index contributed by atoms with van der Waals surface area (Å²) in [6.07, 6.45) is 0.616. The van der Waals surface area contributed by atoms with Gasteiger partial charge in [-0.3, -0.25) is 4.57 Å². The first-order chi connectivity index (χ1) is 10.9. The van der Waals surface area contributed by atoms with Crippen molar-refractivity contribution in [3.05, 3.63) is 5.69 Å². The fraction of sp³-hybridized carbons (Fsp3) is 0.714. The third-order valence-corrected chi connectivity index (χ3v) is 5.77. The van der Waals surface area contributed by atoms with E-state index < -0.39 is 11.9 Å². The van der Waals surface area contributed by atoms with Gasteiger partial charge in [0.15, 0.2) is 17.2 Å². The highest BCUT2D eigenvalue weighted by Gasteiger charge is 2.56. The second kappa shape index (κ2) is 5.40. The lowest BCUT2D eigenvalue weighted by Crippen LogP contribution is -2.31. The highest BCUT2D eigenvalue weighted by Crippen LogP contribution is 2.45.